The van der Waals surface area contributed by atoms with Gasteiger partial charge in [0.1, 0.15) is 12.3 Å². The highest BCUT2D eigenvalue weighted by molar-refractivity contribution is 7.99. The Kier molecular flexibility index (Phi) is 7.11. The van der Waals surface area contributed by atoms with Crippen LogP contribution in [0.4, 0.5) is 0 Å². The first kappa shape index (κ1) is 21.1. The topological polar surface area (TPSA) is 69.9 Å². The number of esters is 1. The number of carbonyl (C=O) groups excluding carboxylic acids is 2. The van der Waals surface area contributed by atoms with E-state index in [1.54, 1.807) is 22.4 Å². The number of thiazole rings is 1. The molecule has 0 aliphatic heterocycles. The van der Waals surface area contributed by atoms with Gasteiger partial charge in [-0.1, -0.05) is 24.3 Å². The third-order valence-electron chi connectivity index (χ3n) is 4.07. The van der Waals surface area contributed by atoms with Gasteiger partial charge in [0, 0.05) is 10.5 Å². The Balaban J connectivity index is 2.08. The molecule has 1 amide bonds. The fraction of sp³-hybridized carbons (Fsp3) is 0.286. The number of rotatable bonds is 7. The van der Waals surface area contributed by atoms with E-state index in [1.165, 1.54) is 18.4 Å². The van der Waals surface area contributed by atoms with Crippen molar-refractivity contribution in [2.75, 3.05) is 19.5 Å². The first-order valence-corrected chi connectivity index (χ1v) is 11.0. The predicted molar refractivity (Wildman–Crippen MR) is 116 cm³/mol. The molecule has 0 saturated carbocycles. The minimum absolute atomic E-state index is 0.0255. The second-order valence-corrected chi connectivity index (χ2v) is 8.33. The summed E-state index contributed by atoms with van der Waals surface area (Å²) in [5, 5.41) is 0. The lowest BCUT2D eigenvalue weighted by molar-refractivity contribution is -0.141. The van der Waals surface area contributed by atoms with Crippen molar-refractivity contribution in [2.24, 2.45) is 4.99 Å². The maximum Gasteiger partial charge on any atom is 0.325 e. The Morgan fingerprint density at radius 3 is 2.72 bits per heavy atom. The summed E-state index contributed by atoms with van der Waals surface area (Å²) in [6, 6.07) is 13.0. The van der Waals surface area contributed by atoms with Crippen molar-refractivity contribution in [3.63, 3.8) is 0 Å². The molecule has 0 fully saturated rings. The van der Waals surface area contributed by atoms with Gasteiger partial charge in [0.2, 0.25) is 0 Å². The van der Waals surface area contributed by atoms with Gasteiger partial charge in [0.25, 0.3) is 5.91 Å². The molecule has 0 aliphatic carbocycles. The third-order valence-corrected chi connectivity index (χ3v) is 5.99. The highest BCUT2D eigenvalue weighted by Crippen LogP contribution is 2.24. The minimum Gasteiger partial charge on any atom is -0.494 e. The molecule has 6 nitrogen and oxygen atoms in total. The van der Waals surface area contributed by atoms with Crippen LogP contribution in [0.25, 0.3) is 10.2 Å². The van der Waals surface area contributed by atoms with Crippen molar-refractivity contribution in [1.82, 2.24) is 4.57 Å². The highest BCUT2D eigenvalue weighted by Gasteiger charge is 2.13. The summed E-state index contributed by atoms with van der Waals surface area (Å²) < 4.78 is 12.9. The molecule has 2 aromatic carbocycles. The van der Waals surface area contributed by atoms with Crippen LogP contribution in [-0.4, -0.2) is 35.9 Å². The maximum absolute atomic E-state index is 12.8. The lowest BCUT2D eigenvalue weighted by Crippen LogP contribution is -2.22. The smallest absolute Gasteiger partial charge is 0.325 e. The van der Waals surface area contributed by atoms with Crippen LogP contribution in [0.2, 0.25) is 0 Å². The van der Waals surface area contributed by atoms with Gasteiger partial charge in [-0.3, -0.25) is 9.59 Å². The molecule has 0 saturated heterocycles. The molecule has 0 unspecified atom stereocenters. The summed E-state index contributed by atoms with van der Waals surface area (Å²) in [6.45, 7) is 4.51. The zero-order chi connectivity index (χ0) is 20.8. The van der Waals surface area contributed by atoms with Crippen molar-refractivity contribution in [3.8, 4) is 5.75 Å². The molecule has 1 aromatic heterocycles. The zero-order valence-electron chi connectivity index (χ0n) is 16.5. The van der Waals surface area contributed by atoms with Gasteiger partial charge in [-0.2, -0.15) is 4.99 Å². The molecular formula is C21H22N2O4S2. The van der Waals surface area contributed by atoms with Crippen LogP contribution in [-0.2, 0) is 16.1 Å². The number of nitrogens with zero attached hydrogens (tertiary/aromatic N) is 2. The second kappa shape index (κ2) is 9.76. The van der Waals surface area contributed by atoms with Crippen molar-refractivity contribution in [3.05, 3.63) is 52.8 Å². The van der Waals surface area contributed by atoms with E-state index < -0.39 is 5.97 Å². The lowest BCUT2D eigenvalue weighted by atomic mass is 10.2. The average molecular weight is 431 g/mol. The minimum atomic E-state index is -0.408. The first-order chi connectivity index (χ1) is 14.0. The highest BCUT2D eigenvalue weighted by atomic mass is 32.2. The number of carbonyl (C=O) groups is 2. The summed E-state index contributed by atoms with van der Waals surface area (Å²) in [7, 11) is 1.34. The average Bonchev–Trinajstić information content (AvgIpc) is 3.04. The number of benzene rings is 2. The molecule has 0 bridgehead atoms. The molecule has 29 heavy (non-hydrogen) atoms. The van der Waals surface area contributed by atoms with E-state index in [0.717, 1.165) is 26.6 Å². The number of fused-ring (bicyclic) bond motifs is 1. The molecule has 0 N–H and O–H groups in total. The summed E-state index contributed by atoms with van der Waals surface area (Å²) in [5.41, 5.74) is 1.31. The van der Waals surface area contributed by atoms with E-state index >= 15 is 0 Å². The van der Waals surface area contributed by atoms with Gasteiger partial charge >= 0.3 is 5.97 Å². The van der Waals surface area contributed by atoms with Crippen LogP contribution >= 0.6 is 23.1 Å². The van der Waals surface area contributed by atoms with Crippen LogP contribution in [0, 0.1) is 0 Å². The monoisotopic (exact) mass is 430 g/mol. The fourth-order valence-electron chi connectivity index (χ4n) is 2.78. The summed E-state index contributed by atoms with van der Waals surface area (Å²) in [4.78, 5) is 30.5. The number of thioether (sulfide) groups is 1. The van der Waals surface area contributed by atoms with Crippen molar-refractivity contribution in [1.29, 1.82) is 0 Å². The number of amides is 1. The van der Waals surface area contributed by atoms with Crippen LogP contribution in [0.5, 0.6) is 5.75 Å². The van der Waals surface area contributed by atoms with E-state index in [2.05, 4.69) is 11.9 Å². The molecule has 0 spiro atoms. The van der Waals surface area contributed by atoms with Crippen LogP contribution in [0.15, 0.2) is 52.4 Å². The van der Waals surface area contributed by atoms with Gasteiger partial charge in [0.05, 0.1) is 23.9 Å². The SMILES string of the molecule is CCOc1ccc2c(c1)sc(=NC(=O)c1cccc(SCC)c1)n2CC(=O)OC. The number of aromatic nitrogens is 1. The Bertz CT molecular complexity index is 1100. The molecule has 3 rings (SSSR count). The standard InChI is InChI=1S/C21H22N2O4S2/c1-4-27-15-9-10-17-18(12-15)29-21(23(17)13-19(24)26-3)22-20(25)14-7-6-8-16(11-14)28-5-2/h6-12H,4-5,13H2,1-3H3. The number of hydrogen-bond acceptors (Lipinski definition) is 6. The van der Waals surface area contributed by atoms with Crippen molar-refractivity contribution >= 4 is 45.2 Å². The maximum atomic E-state index is 12.8. The number of methoxy groups -OCH3 is 1. The number of ether oxygens (including phenoxy) is 2. The Labute approximate surface area is 177 Å². The van der Waals surface area contributed by atoms with E-state index in [4.69, 9.17) is 9.47 Å². The van der Waals surface area contributed by atoms with E-state index in [0.29, 0.717) is 17.0 Å². The third kappa shape index (κ3) is 5.07. The van der Waals surface area contributed by atoms with Crippen molar-refractivity contribution in [2.45, 2.75) is 25.3 Å². The largest absolute Gasteiger partial charge is 0.494 e. The van der Waals surface area contributed by atoms with Gasteiger partial charge < -0.3 is 14.0 Å². The second-order valence-electron chi connectivity index (χ2n) is 5.99. The summed E-state index contributed by atoms with van der Waals surface area (Å²) >= 11 is 3.00. The lowest BCUT2D eigenvalue weighted by Gasteiger charge is -2.05. The van der Waals surface area contributed by atoms with Crippen molar-refractivity contribution < 1.29 is 19.1 Å². The molecule has 0 radical (unpaired) electrons. The summed E-state index contributed by atoms with van der Waals surface area (Å²) in [6.07, 6.45) is 0. The predicted octanol–water partition coefficient (Wildman–Crippen LogP) is 4.13. The van der Waals surface area contributed by atoms with Gasteiger partial charge in [-0.15, -0.1) is 11.8 Å². The normalized spacial score (nSPS) is 11.6. The van der Waals surface area contributed by atoms with E-state index in [9.17, 15) is 9.59 Å². The molecule has 3 aromatic rings. The molecule has 8 heteroatoms. The van der Waals surface area contributed by atoms with Gasteiger partial charge in [-0.05, 0) is 49.1 Å². The van der Waals surface area contributed by atoms with E-state index in [-0.39, 0.29) is 12.5 Å². The first-order valence-electron chi connectivity index (χ1n) is 9.20. The van der Waals surface area contributed by atoms with Gasteiger partial charge in [0.15, 0.2) is 4.80 Å². The molecular weight excluding hydrogens is 408 g/mol. The Morgan fingerprint density at radius 1 is 1.17 bits per heavy atom. The zero-order valence-corrected chi connectivity index (χ0v) is 18.1. The molecule has 0 aliphatic rings. The quantitative estimate of drug-likeness (QED) is 0.416. The van der Waals surface area contributed by atoms with Crippen LogP contribution in [0.1, 0.15) is 24.2 Å². The molecule has 1 heterocycles. The Hall–Kier alpha value is -2.58. The van der Waals surface area contributed by atoms with E-state index in [1.807, 2.05) is 43.3 Å². The van der Waals surface area contributed by atoms with Crippen LogP contribution in [0.3, 0.4) is 0 Å². The molecule has 0 atom stereocenters. The van der Waals surface area contributed by atoms with Crippen LogP contribution < -0.4 is 9.54 Å². The van der Waals surface area contributed by atoms with Gasteiger partial charge in [-0.25, -0.2) is 0 Å². The number of hydrogen-bond donors (Lipinski definition) is 0. The Morgan fingerprint density at radius 2 is 2.00 bits per heavy atom. The molecule has 152 valence electrons. The fourth-order valence-corrected chi connectivity index (χ4v) is 4.55. The summed E-state index contributed by atoms with van der Waals surface area (Å²) in [5.74, 6) is 0.896.